The largest absolute Gasteiger partial charge is 0.481 e. The maximum atomic E-state index is 12.3. The van der Waals surface area contributed by atoms with E-state index in [2.05, 4.69) is 10.5 Å². The molecule has 0 aliphatic rings. The maximum Gasteiger partial charge on any atom is 0.269 e. The van der Waals surface area contributed by atoms with Gasteiger partial charge in [0.15, 0.2) is 11.9 Å². The standard InChI is InChI=1S/C15H17N3O5/c1-3-4-13(15(19)16-14-9-10(2)23-17-14)22-12-7-5-11(6-8-12)18(20)21/h5-9,13H,3-4H2,1-2H3,(H,16,17,19)/t13-/m1/s1. The molecular formula is C15H17N3O5. The van der Waals surface area contributed by atoms with Gasteiger partial charge in [0.2, 0.25) is 0 Å². The third kappa shape index (κ3) is 4.53. The fourth-order valence-electron chi connectivity index (χ4n) is 1.95. The van der Waals surface area contributed by atoms with Crippen LogP contribution in [0.15, 0.2) is 34.9 Å². The highest BCUT2D eigenvalue weighted by Gasteiger charge is 2.21. The molecule has 1 N–H and O–H groups in total. The number of nitrogens with zero attached hydrogens (tertiary/aromatic N) is 2. The predicted molar refractivity (Wildman–Crippen MR) is 82.3 cm³/mol. The summed E-state index contributed by atoms with van der Waals surface area (Å²) < 4.78 is 10.5. The number of aryl methyl sites for hydroxylation is 1. The summed E-state index contributed by atoms with van der Waals surface area (Å²) in [7, 11) is 0. The number of aromatic nitrogens is 1. The van der Waals surface area contributed by atoms with Crippen LogP contribution < -0.4 is 10.1 Å². The van der Waals surface area contributed by atoms with E-state index in [0.717, 1.165) is 6.42 Å². The van der Waals surface area contributed by atoms with E-state index in [0.29, 0.717) is 23.7 Å². The Balaban J connectivity index is 2.05. The molecule has 1 amide bonds. The fraction of sp³-hybridized carbons (Fsp3) is 0.333. The van der Waals surface area contributed by atoms with Crippen LogP contribution in [0.1, 0.15) is 25.5 Å². The van der Waals surface area contributed by atoms with Crippen molar-refractivity contribution in [3.63, 3.8) is 0 Å². The molecule has 23 heavy (non-hydrogen) atoms. The van der Waals surface area contributed by atoms with Crippen LogP contribution in [0.4, 0.5) is 11.5 Å². The summed E-state index contributed by atoms with van der Waals surface area (Å²) in [5, 5.41) is 17.0. The first-order chi connectivity index (χ1) is 11.0. The minimum Gasteiger partial charge on any atom is -0.481 e. The molecule has 122 valence electrons. The van der Waals surface area contributed by atoms with E-state index >= 15 is 0 Å². The van der Waals surface area contributed by atoms with Crippen molar-refractivity contribution in [2.75, 3.05) is 5.32 Å². The highest BCUT2D eigenvalue weighted by Crippen LogP contribution is 2.20. The molecule has 0 spiro atoms. The predicted octanol–water partition coefficient (Wildman–Crippen LogP) is 3.08. The number of benzene rings is 1. The number of hydrogen-bond acceptors (Lipinski definition) is 6. The maximum absolute atomic E-state index is 12.3. The SMILES string of the molecule is CCC[C@@H](Oc1ccc([N+](=O)[O-])cc1)C(=O)Nc1cc(C)on1. The van der Waals surface area contributed by atoms with Gasteiger partial charge in [-0.25, -0.2) is 0 Å². The smallest absolute Gasteiger partial charge is 0.269 e. The molecule has 0 saturated heterocycles. The highest BCUT2D eigenvalue weighted by molar-refractivity contribution is 5.93. The van der Waals surface area contributed by atoms with Gasteiger partial charge in [0.05, 0.1) is 4.92 Å². The van der Waals surface area contributed by atoms with Gasteiger partial charge in [0, 0.05) is 18.2 Å². The van der Waals surface area contributed by atoms with E-state index in [1.165, 1.54) is 24.3 Å². The fourth-order valence-corrected chi connectivity index (χ4v) is 1.95. The number of non-ortho nitro benzene ring substituents is 1. The first kappa shape index (κ1) is 16.5. The third-order valence-electron chi connectivity index (χ3n) is 3.05. The van der Waals surface area contributed by atoms with Crippen LogP contribution in [0.25, 0.3) is 0 Å². The lowest BCUT2D eigenvalue weighted by Gasteiger charge is -2.17. The molecule has 1 aromatic carbocycles. The Morgan fingerprint density at radius 2 is 2.13 bits per heavy atom. The topological polar surface area (TPSA) is 108 Å². The number of nitro groups is 1. The van der Waals surface area contributed by atoms with Crippen LogP contribution in [0.5, 0.6) is 5.75 Å². The van der Waals surface area contributed by atoms with Crippen molar-refractivity contribution in [3.05, 3.63) is 46.2 Å². The first-order valence-corrected chi connectivity index (χ1v) is 7.15. The number of carbonyl (C=O) groups is 1. The number of rotatable bonds is 7. The number of ether oxygens (including phenoxy) is 1. The van der Waals surface area contributed by atoms with E-state index in [1.807, 2.05) is 6.92 Å². The van der Waals surface area contributed by atoms with Crippen molar-refractivity contribution >= 4 is 17.4 Å². The molecule has 2 aromatic rings. The second-order valence-corrected chi connectivity index (χ2v) is 4.96. The number of amides is 1. The second-order valence-electron chi connectivity index (χ2n) is 4.96. The zero-order valence-corrected chi connectivity index (χ0v) is 12.8. The van der Waals surface area contributed by atoms with Crippen LogP contribution in [0, 0.1) is 17.0 Å². The van der Waals surface area contributed by atoms with Crippen LogP contribution >= 0.6 is 0 Å². The van der Waals surface area contributed by atoms with Gasteiger partial charge in [0.25, 0.3) is 11.6 Å². The van der Waals surface area contributed by atoms with E-state index in [1.54, 1.807) is 13.0 Å². The summed E-state index contributed by atoms with van der Waals surface area (Å²) in [5.41, 5.74) is -0.0353. The van der Waals surface area contributed by atoms with Gasteiger partial charge < -0.3 is 14.6 Å². The van der Waals surface area contributed by atoms with Crippen LogP contribution in [-0.4, -0.2) is 22.1 Å². The highest BCUT2D eigenvalue weighted by atomic mass is 16.6. The second kappa shape index (κ2) is 7.39. The van der Waals surface area contributed by atoms with Gasteiger partial charge in [-0.3, -0.25) is 14.9 Å². The Morgan fingerprint density at radius 1 is 1.43 bits per heavy atom. The van der Waals surface area contributed by atoms with Gasteiger partial charge in [0.1, 0.15) is 11.5 Å². The number of nitro benzene ring substituents is 1. The molecule has 0 aliphatic heterocycles. The van der Waals surface area contributed by atoms with Gasteiger partial charge in [-0.2, -0.15) is 0 Å². The molecule has 0 bridgehead atoms. The van der Waals surface area contributed by atoms with Gasteiger partial charge in [-0.1, -0.05) is 18.5 Å². The number of hydrogen-bond donors (Lipinski definition) is 1. The number of carbonyl (C=O) groups excluding carboxylic acids is 1. The molecule has 0 unspecified atom stereocenters. The zero-order chi connectivity index (χ0) is 16.8. The normalized spacial score (nSPS) is 11.7. The van der Waals surface area contributed by atoms with E-state index < -0.39 is 11.0 Å². The van der Waals surface area contributed by atoms with Crippen molar-refractivity contribution in [2.45, 2.75) is 32.8 Å². The molecule has 2 rings (SSSR count). The minimum atomic E-state index is -0.724. The third-order valence-corrected chi connectivity index (χ3v) is 3.05. The zero-order valence-electron chi connectivity index (χ0n) is 12.8. The molecule has 0 saturated carbocycles. The Labute approximate surface area is 132 Å². The lowest BCUT2D eigenvalue weighted by atomic mass is 10.2. The summed E-state index contributed by atoms with van der Waals surface area (Å²) in [4.78, 5) is 22.4. The lowest BCUT2D eigenvalue weighted by Crippen LogP contribution is -2.33. The molecule has 0 radical (unpaired) electrons. The van der Waals surface area contributed by atoms with E-state index in [4.69, 9.17) is 9.26 Å². The Kier molecular flexibility index (Phi) is 5.29. The Morgan fingerprint density at radius 3 is 2.65 bits per heavy atom. The molecule has 1 aromatic heterocycles. The van der Waals surface area contributed by atoms with E-state index in [9.17, 15) is 14.9 Å². The summed E-state index contributed by atoms with van der Waals surface area (Å²) in [6.45, 7) is 3.65. The molecule has 8 nitrogen and oxygen atoms in total. The van der Waals surface area contributed by atoms with E-state index in [-0.39, 0.29) is 11.6 Å². The minimum absolute atomic E-state index is 0.0353. The summed E-state index contributed by atoms with van der Waals surface area (Å²) in [5.74, 6) is 0.948. The van der Waals surface area contributed by atoms with Gasteiger partial charge in [-0.05, 0) is 25.5 Å². The molecule has 8 heteroatoms. The average molecular weight is 319 g/mol. The number of nitrogens with one attached hydrogen (secondary N) is 1. The van der Waals surface area contributed by atoms with Crippen LogP contribution in [-0.2, 0) is 4.79 Å². The van der Waals surface area contributed by atoms with Gasteiger partial charge in [-0.15, -0.1) is 0 Å². The quantitative estimate of drug-likeness (QED) is 0.620. The molecule has 0 fully saturated rings. The molecule has 0 aliphatic carbocycles. The van der Waals surface area contributed by atoms with Crippen molar-refractivity contribution in [1.29, 1.82) is 0 Å². The van der Waals surface area contributed by atoms with Crippen molar-refractivity contribution in [3.8, 4) is 5.75 Å². The van der Waals surface area contributed by atoms with Crippen molar-refractivity contribution < 1.29 is 19.0 Å². The van der Waals surface area contributed by atoms with Gasteiger partial charge >= 0.3 is 0 Å². The summed E-state index contributed by atoms with van der Waals surface area (Å²) in [6, 6.07) is 7.20. The average Bonchev–Trinajstić information content (AvgIpc) is 2.92. The monoisotopic (exact) mass is 319 g/mol. The molecule has 1 atom stereocenters. The molecular weight excluding hydrogens is 302 g/mol. The van der Waals surface area contributed by atoms with Crippen molar-refractivity contribution in [2.24, 2.45) is 0 Å². The first-order valence-electron chi connectivity index (χ1n) is 7.15. The molecule has 1 heterocycles. The van der Waals surface area contributed by atoms with Crippen LogP contribution in [0.3, 0.4) is 0 Å². The Bertz CT molecular complexity index is 681. The number of anilines is 1. The summed E-state index contributed by atoms with van der Waals surface area (Å²) in [6.07, 6.45) is 0.515. The lowest BCUT2D eigenvalue weighted by molar-refractivity contribution is -0.384. The van der Waals surface area contributed by atoms with Crippen molar-refractivity contribution in [1.82, 2.24) is 5.16 Å². The Hall–Kier alpha value is -2.90. The van der Waals surface area contributed by atoms with Crippen LogP contribution in [0.2, 0.25) is 0 Å². The summed E-state index contributed by atoms with van der Waals surface area (Å²) >= 11 is 0.